The number of methoxy groups -OCH3 is 1. The molecule has 200 valence electrons. The molecule has 0 aromatic heterocycles. The van der Waals surface area contributed by atoms with E-state index in [9.17, 15) is 24.0 Å². The third-order valence-electron chi connectivity index (χ3n) is 5.96. The summed E-state index contributed by atoms with van der Waals surface area (Å²) in [6.45, 7) is 2.11. The van der Waals surface area contributed by atoms with Gasteiger partial charge >= 0.3 is 5.97 Å². The second-order valence-electron chi connectivity index (χ2n) is 8.83. The Morgan fingerprint density at radius 3 is 2.36 bits per heavy atom. The van der Waals surface area contributed by atoms with E-state index in [-0.39, 0.29) is 47.3 Å². The van der Waals surface area contributed by atoms with Crippen molar-refractivity contribution in [1.29, 1.82) is 0 Å². The summed E-state index contributed by atoms with van der Waals surface area (Å²) >= 11 is 0. The zero-order valence-corrected chi connectivity index (χ0v) is 21.5. The summed E-state index contributed by atoms with van der Waals surface area (Å²) in [6, 6.07) is 17.7. The van der Waals surface area contributed by atoms with E-state index in [1.54, 1.807) is 49.6 Å². The summed E-state index contributed by atoms with van der Waals surface area (Å²) < 4.78 is 10.0. The van der Waals surface area contributed by atoms with E-state index in [1.807, 2.05) is 0 Å². The van der Waals surface area contributed by atoms with Crippen molar-refractivity contribution >= 4 is 35.3 Å². The molecule has 0 atom stereocenters. The smallest absolute Gasteiger partial charge is 0.308 e. The average Bonchev–Trinajstić information content (AvgIpc) is 3.16. The number of nitrogens with zero attached hydrogens (tertiary/aromatic N) is 1. The van der Waals surface area contributed by atoms with Crippen LogP contribution in [0.4, 0.5) is 5.69 Å². The summed E-state index contributed by atoms with van der Waals surface area (Å²) in [5.74, 6) is -1.82. The first kappa shape index (κ1) is 27.2. The second kappa shape index (κ2) is 12.1. The maximum atomic E-state index is 12.8. The van der Waals surface area contributed by atoms with Gasteiger partial charge in [0.05, 0.1) is 11.1 Å². The van der Waals surface area contributed by atoms with Gasteiger partial charge in [0.25, 0.3) is 23.6 Å². The van der Waals surface area contributed by atoms with Gasteiger partial charge in [-0.1, -0.05) is 18.2 Å². The number of esters is 1. The van der Waals surface area contributed by atoms with Crippen LogP contribution in [0, 0.1) is 0 Å². The van der Waals surface area contributed by atoms with E-state index >= 15 is 0 Å². The summed E-state index contributed by atoms with van der Waals surface area (Å²) in [4.78, 5) is 63.1. The van der Waals surface area contributed by atoms with Gasteiger partial charge in [-0.25, -0.2) is 0 Å². The normalized spacial score (nSPS) is 12.2. The Morgan fingerprint density at radius 2 is 1.59 bits per heavy atom. The Morgan fingerprint density at radius 1 is 0.846 bits per heavy atom. The highest BCUT2D eigenvalue weighted by molar-refractivity contribution is 6.22. The zero-order valence-electron chi connectivity index (χ0n) is 21.5. The molecular formula is C29H27N3O7. The number of amides is 4. The molecule has 0 saturated heterocycles. The highest BCUT2D eigenvalue weighted by Gasteiger charge is 2.35. The van der Waals surface area contributed by atoms with Crippen LogP contribution in [-0.4, -0.2) is 54.8 Å². The molecule has 1 aliphatic heterocycles. The van der Waals surface area contributed by atoms with Crippen molar-refractivity contribution < 1.29 is 33.4 Å². The van der Waals surface area contributed by atoms with E-state index in [0.29, 0.717) is 24.3 Å². The molecule has 4 amide bonds. The first-order valence-corrected chi connectivity index (χ1v) is 12.2. The molecule has 0 spiro atoms. The quantitative estimate of drug-likeness (QED) is 0.178. The molecule has 0 radical (unpaired) electrons. The number of ether oxygens (including phenoxy) is 2. The number of hydrogen-bond donors (Lipinski definition) is 2. The number of anilines is 1. The van der Waals surface area contributed by atoms with Crippen LogP contribution in [0.15, 0.2) is 66.7 Å². The van der Waals surface area contributed by atoms with E-state index in [2.05, 4.69) is 10.6 Å². The molecule has 0 bridgehead atoms. The third kappa shape index (κ3) is 6.55. The predicted molar refractivity (Wildman–Crippen MR) is 142 cm³/mol. The van der Waals surface area contributed by atoms with Gasteiger partial charge in [0.2, 0.25) is 0 Å². The number of rotatable bonds is 10. The molecule has 39 heavy (non-hydrogen) atoms. The van der Waals surface area contributed by atoms with E-state index in [1.165, 1.54) is 31.2 Å². The Bertz CT molecular complexity index is 1450. The largest absolute Gasteiger partial charge is 0.427 e. The Balaban J connectivity index is 1.37. The minimum Gasteiger partial charge on any atom is -0.427 e. The van der Waals surface area contributed by atoms with Gasteiger partial charge in [-0.15, -0.1) is 0 Å². The fourth-order valence-corrected chi connectivity index (χ4v) is 4.12. The number of fused-ring (bicyclic) bond motifs is 1. The molecule has 1 aliphatic rings. The minimum atomic E-state index is -0.484. The van der Waals surface area contributed by atoms with Crippen LogP contribution in [0.2, 0.25) is 0 Å². The van der Waals surface area contributed by atoms with Crippen LogP contribution >= 0.6 is 0 Å². The first-order valence-electron chi connectivity index (χ1n) is 12.2. The summed E-state index contributed by atoms with van der Waals surface area (Å²) in [7, 11) is 1.55. The second-order valence-corrected chi connectivity index (χ2v) is 8.83. The summed E-state index contributed by atoms with van der Waals surface area (Å²) in [5, 5.41) is 5.58. The Labute approximate surface area is 224 Å². The molecule has 10 heteroatoms. The highest BCUT2D eigenvalue weighted by atomic mass is 16.5. The molecule has 3 aromatic carbocycles. The lowest BCUT2D eigenvalue weighted by Crippen LogP contribution is -2.31. The molecule has 10 nitrogen and oxygen atoms in total. The molecule has 0 unspecified atom stereocenters. The SMILES string of the molecule is COCCCN1C(=O)c2ccc(C(=O)NCc3cccc(NC(=O)c4cccc(OC(C)=O)c4)c3)cc2C1=O. The summed E-state index contributed by atoms with van der Waals surface area (Å²) in [6.07, 6.45) is 0.523. The molecule has 4 rings (SSSR count). The molecule has 1 heterocycles. The van der Waals surface area contributed by atoms with Crippen LogP contribution in [0.5, 0.6) is 5.75 Å². The van der Waals surface area contributed by atoms with E-state index in [0.717, 1.165) is 10.5 Å². The van der Waals surface area contributed by atoms with Crippen molar-refractivity contribution in [1.82, 2.24) is 10.2 Å². The van der Waals surface area contributed by atoms with E-state index in [4.69, 9.17) is 9.47 Å². The van der Waals surface area contributed by atoms with Crippen molar-refractivity contribution in [3.63, 3.8) is 0 Å². The van der Waals surface area contributed by atoms with Crippen molar-refractivity contribution in [3.05, 3.63) is 94.5 Å². The fourth-order valence-electron chi connectivity index (χ4n) is 4.12. The van der Waals surface area contributed by atoms with Crippen LogP contribution < -0.4 is 15.4 Å². The number of hydrogen-bond acceptors (Lipinski definition) is 7. The topological polar surface area (TPSA) is 131 Å². The van der Waals surface area contributed by atoms with Gasteiger partial charge in [-0.2, -0.15) is 0 Å². The number of benzene rings is 3. The van der Waals surface area contributed by atoms with Gasteiger partial charge in [0.15, 0.2) is 0 Å². The lowest BCUT2D eigenvalue weighted by atomic mass is 10.1. The van der Waals surface area contributed by atoms with Gasteiger partial charge in [-0.3, -0.25) is 28.9 Å². The first-order chi connectivity index (χ1) is 18.8. The van der Waals surface area contributed by atoms with Crippen LogP contribution in [0.25, 0.3) is 0 Å². The van der Waals surface area contributed by atoms with Crippen LogP contribution in [0.1, 0.15) is 60.3 Å². The molecule has 3 aromatic rings. The molecule has 0 saturated carbocycles. The standard InChI is InChI=1S/C29H27N3O7/c1-18(33)39-23-9-4-7-20(15-23)27(35)31-22-8-3-6-19(14-22)17-30-26(34)21-10-11-24-25(16-21)29(37)32(28(24)36)12-5-13-38-2/h3-4,6-11,14-16H,5,12-13,17H2,1-2H3,(H,30,34)(H,31,35). The molecule has 2 N–H and O–H groups in total. The van der Waals surface area contributed by atoms with Gasteiger partial charge in [0.1, 0.15) is 5.75 Å². The zero-order chi connectivity index (χ0) is 27.9. The third-order valence-corrected chi connectivity index (χ3v) is 5.96. The van der Waals surface area contributed by atoms with Crippen molar-refractivity contribution in [2.45, 2.75) is 19.9 Å². The Hall–Kier alpha value is -4.83. The maximum absolute atomic E-state index is 12.8. The molecule has 0 fully saturated rings. The Kier molecular flexibility index (Phi) is 8.47. The van der Waals surface area contributed by atoms with E-state index < -0.39 is 17.8 Å². The molecule has 0 aliphatic carbocycles. The van der Waals surface area contributed by atoms with Gasteiger partial charge in [0, 0.05) is 50.5 Å². The minimum absolute atomic E-state index is 0.164. The monoisotopic (exact) mass is 529 g/mol. The lowest BCUT2D eigenvalue weighted by molar-refractivity contribution is -0.131. The highest BCUT2D eigenvalue weighted by Crippen LogP contribution is 2.24. The van der Waals surface area contributed by atoms with Crippen LogP contribution in [-0.2, 0) is 16.1 Å². The maximum Gasteiger partial charge on any atom is 0.308 e. The van der Waals surface area contributed by atoms with Gasteiger partial charge < -0.3 is 20.1 Å². The number of carbonyl (C=O) groups excluding carboxylic acids is 5. The number of imide groups is 1. The van der Waals surface area contributed by atoms with Crippen molar-refractivity contribution in [2.24, 2.45) is 0 Å². The number of carbonyl (C=O) groups is 5. The van der Waals surface area contributed by atoms with Gasteiger partial charge in [-0.05, 0) is 60.5 Å². The number of nitrogens with one attached hydrogen (secondary N) is 2. The van der Waals surface area contributed by atoms with Crippen LogP contribution in [0.3, 0.4) is 0 Å². The lowest BCUT2D eigenvalue weighted by Gasteiger charge is -2.12. The predicted octanol–water partition coefficient (Wildman–Crippen LogP) is 3.43. The van der Waals surface area contributed by atoms with Crippen molar-refractivity contribution in [3.8, 4) is 5.75 Å². The van der Waals surface area contributed by atoms with Crippen molar-refractivity contribution in [2.75, 3.05) is 25.6 Å². The molecular weight excluding hydrogens is 502 g/mol. The average molecular weight is 530 g/mol. The summed E-state index contributed by atoms with van der Waals surface area (Å²) in [5.41, 5.74) is 2.29. The fraction of sp³-hybridized carbons (Fsp3) is 0.207.